The molecular weight excluding hydrogens is 239 g/mol. The molecule has 0 bridgehead atoms. The standard InChI is InChI=1S/C17H17FO/c1-12-4-3-5-14(10-12)6-9-17(19)16-8-7-15(18)11-13(16)2/h3-5,7-8,10-11H,6,9H2,1-2H3. The van der Waals surface area contributed by atoms with Crippen molar-refractivity contribution in [1.29, 1.82) is 0 Å². The third-order valence-corrected chi connectivity index (χ3v) is 3.21. The molecule has 2 aromatic rings. The van der Waals surface area contributed by atoms with Crippen molar-refractivity contribution >= 4 is 5.78 Å². The van der Waals surface area contributed by atoms with Crippen LogP contribution in [-0.2, 0) is 6.42 Å². The van der Waals surface area contributed by atoms with Gasteiger partial charge in [0.05, 0.1) is 0 Å². The molecule has 0 aliphatic rings. The molecule has 2 heteroatoms. The van der Waals surface area contributed by atoms with Crippen LogP contribution in [0.1, 0.15) is 33.5 Å². The van der Waals surface area contributed by atoms with Gasteiger partial charge >= 0.3 is 0 Å². The summed E-state index contributed by atoms with van der Waals surface area (Å²) in [5.41, 5.74) is 3.68. The van der Waals surface area contributed by atoms with Gasteiger partial charge in [0.1, 0.15) is 5.82 Å². The Bertz CT molecular complexity index is 602. The average Bonchev–Trinajstić information content (AvgIpc) is 2.36. The summed E-state index contributed by atoms with van der Waals surface area (Å²) in [6, 6.07) is 12.5. The minimum absolute atomic E-state index is 0.0685. The number of benzene rings is 2. The fourth-order valence-corrected chi connectivity index (χ4v) is 2.20. The van der Waals surface area contributed by atoms with Gasteiger partial charge in [-0.25, -0.2) is 4.39 Å². The second-order valence-corrected chi connectivity index (χ2v) is 4.87. The molecule has 0 aliphatic carbocycles. The zero-order chi connectivity index (χ0) is 13.8. The summed E-state index contributed by atoms with van der Waals surface area (Å²) in [5, 5.41) is 0. The van der Waals surface area contributed by atoms with E-state index in [0.717, 1.165) is 12.0 Å². The van der Waals surface area contributed by atoms with Crippen molar-refractivity contribution in [2.45, 2.75) is 26.7 Å². The topological polar surface area (TPSA) is 17.1 Å². The van der Waals surface area contributed by atoms with Gasteiger partial charge in [-0.2, -0.15) is 0 Å². The van der Waals surface area contributed by atoms with Gasteiger partial charge in [-0.1, -0.05) is 29.8 Å². The maximum atomic E-state index is 13.0. The summed E-state index contributed by atoms with van der Waals surface area (Å²) in [7, 11) is 0. The van der Waals surface area contributed by atoms with Gasteiger partial charge in [0.25, 0.3) is 0 Å². The Morgan fingerprint density at radius 2 is 1.89 bits per heavy atom. The first-order valence-electron chi connectivity index (χ1n) is 6.41. The second kappa shape index (κ2) is 5.79. The van der Waals surface area contributed by atoms with E-state index in [1.54, 1.807) is 13.0 Å². The predicted octanol–water partition coefficient (Wildman–Crippen LogP) is 4.26. The highest BCUT2D eigenvalue weighted by Crippen LogP contribution is 2.14. The molecule has 0 atom stereocenters. The van der Waals surface area contributed by atoms with Crippen LogP contribution in [-0.4, -0.2) is 5.78 Å². The van der Waals surface area contributed by atoms with E-state index in [1.165, 1.54) is 17.7 Å². The maximum Gasteiger partial charge on any atom is 0.163 e. The van der Waals surface area contributed by atoms with Gasteiger partial charge < -0.3 is 0 Å². The molecule has 0 spiro atoms. The van der Waals surface area contributed by atoms with Crippen molar-refractivity contribution in [2.24, 2.45) is 0 Å². The van der Waals surface area contributed by atoms with Crippen LogP contribution in [0, 0.1) is 19.7 Å². The van der Waals surface area contributed by atoms with E-state index in [2.05, 4.69) is 6.07 Å². The summed E-state index contributed by atoms with van der Waals surface area (Å²) in [6.45, 7) is 3.80. The monoisotopic (exact) mass is 256 g/mol. The second-order valence-electron chi connectivity index (χ2n) is 4.87. The van der Waals surface area contributed by atoms with Crippen LogP contribution in [0.25, 0.3) is 0 Å². The lowest BCUT2D eigenvalue weighted by Crippen LogP contribution is -2.04. The summed E-state index contributed by atoms with van der Waals surface area (Å²) in [4.78, 5) is 12.1. The summed E-state index contributed by atoms with van der Waals surface area (Å²) < 4.78 is 13.0. The Balaban J connectivity index is 2.05. The minimum Gasteiger partial charge on any atom is -0.294 e. The van der Waals surface area contributed by atoms with Gasteiger partial charge in [-0.3, -0.25) is 4.79 Å². The molecular formula is C17H17FO. The van der Waals surface area contributed by atoms with E-state index in [9.17, 15) is 9.18 Å². The van der Waals surface area contributed by atoms with E-state index in [0.29, 0.717) is 17.5 Å². The number of aryl methyl sites for hydroxylation is 3. The molecule has 2 aromatic carbocycles. The normalized spacial score (nSPS) is 10.5. The molecule has 0 aromatic heterocycles. The maximum absolute atomic E-state index is 13.0. The molecule has 0 heterocycles. The lowest BCUT2D eigenvalue weighted by Gasteiger charge is -2.06. The zero-order valence-electron chi connectivity index (χ0n) is 11.2. The number of ketones is 1. The van der Waals surface area contributed by atoms with E-state index in [-0.39, 0.29) is 11.6 Å². The van der Waals surface area contributed by atoms with Crippen molar-refractivity contribution in [3.63, 3.8) is 0 Å². The van der Waals surface area contributed by atoms with Gasteiger partial charge in [0.15, 0.2) is 5.78 Å². The Morgan fingerprint density at radius 3 is 2.58 bits per heavy atom. The fraction of sp³-hybridized carbons (Fsp3) is 0.235. The number of Topliss-reactive ketones (excluding diaryl/α,β-unsaturated/α-hetero) is 1. The zero-order valence-corrected chi connectivity index (χ0v) is 11.2. The van der Waals surface area contributed by atoms with Gasteiger partial charge in [-0.15, -0.1) is 0 Å². The molecule has 2 rings (SSSR count). The van der Waals surface area contributed by atoms with E-state index >= 15 is 0 Å². The summed E-state index contributed by atoms with van der Waals surface area (Å²) >= 11 is 0. The number of carbonyl (C=O) groups excluding carboxylic acids is 1. The predicted molar refractivity (Wildman–Crippen MR) is 75.0 cm³/mol. The number of hydrogen-bond acceptors (Lipinski definition) is 1. The average molecular weight is 256 g/mol. The van der Waals surface area contributed by atoms with Crippen molar-refractivity contribution < 1.29 is 9.18 Å². The highest BCUT2D eigenvalue weighted by Gasteiger charge is 2.09. The summed E-state index contributed by atoms with van der Waals surface area (Å²) in [6.07, 6.45) is 1.17. The van der Waals surface area contributed by atoms with Crippen molar-refractivity contribution in [3.05, 3.63) is 70.5 Å². The Kier molecular flexibility index (Phi) is 4.10. The molecule has 19 heavy (non-hydrogen) atoms. The van der Waals surface area contributed by atoms with Crippen molar-refractivity contribution in [2.75, 3.05) is 0 Å². The van der Waals surface area contributed by atoms with Crippen molar-refractivity contribution in [1.82, 2.24) is 0 Å². The van der Waals surface area contributed by atoms with Crippen LogP contribution >= 0.6 is 0 Å². The highest BCUT2D eigenvalue weighted by atomic mass is 19.1. The molecule has 0 radical (unpaired) electrons. The van der Waals surface area contributed by atoms with E-state index in [4.69, 9.17) is 0 Å². The third-order valence-electron chi connectivity index (χ3n) is 3.21. The Morgan fingerprint density at radius 1 is 1.11 bits per heavy atom. The van der Waals surface area contributed by atoms with Crippen molar-refractivity contribution in [3.8, 4) is 0 Å². The van der Waals surface area contributed by atoms with E-state index < -0.39 is 0 Å². The smallest absolute Gasteiger partial charge is 0.163 e. The van der Waals surface area contributed by atoms with Crippen LogP contribution < -0.4 is 0 Å². The lowest BCUT2D eigenvalue weighted by atomic mass is 9.98. The highest BCUT2D eigenvalue weighted by molar-refractivity contribution is 5.97. The van der Waals surface area contributed by atoms with Gasteiger partial charge in [0, 0.05) is 12.0 Å². The number of carbonyl (C=O) groups is 1. The molecule has 0 N–H and O–H groups in total. The lowest BCUT2D eigenvalue weighted by molar-refractivity contribution is 0.0982. The molecule has 0 amide bonds. The van der Waals surface area contributed by atoms with Crippen LogP contribution in [0.2, 0.25) is 0 Å². The first-order valence-corrected chi connectivity index (χ1v) is 6.41. The summed E-state index contributed by atoms with van der Waals surface area (Å²) in [5.74, 6) is -0.230. The van der Waals surface area contributed by atoms with Crippen LogP contribution in [0.15, 0.2) is 42.5 Å². The molecule has 98 valence electrons. The minimum atomic E-state index is -0.298. The van der Waals surface area contributed by atoms with E-state index in [1.807, 2.05) is 25.1 Å². The molecule has 0 fully saturated rings. The molecule has 0 saturated carbocycles. The molecule has 1 nitrogen and oxygen atoms in total. The Labute approximate surface area is 113 Å². The molecule has 0 unspecified atom stereocenters. The van der Waals surface area contributed by atoms with Crippen LogP contribution in [0.5, 0.6) is 0 Å². The first-order chi connectivity index (χ1) is 9.06. The van der Waals surface area contributed by atoms with Crippen LogP contribution in [0.4, 0.5) is 4.39 Å². The molecule has 0 saturated heterocycles. The Hall–Kier alpha value is -1.96. The molecule has 0 aliphatic heterocycles. The van der Waals surface area contributed by atoms with Gasteiger partial charge in [-0.05, 0) is 49.6 Å². The number of halogens is 1. The SMILES string of the molecule is Cc1cccc(CCC(=O)c2ccc(F)cc2C)c1. The number of rotatable bonds is 4. The van der Waals surface area contributed by atoms with Gasteiger partial charge in [0.2, 0.25) is 0 Å². The number of hydrogen-bond donors (Lipinski definition) is 0. The quantitative estimate of drug-likeness (QED) is 0.747. The third kappa shape index (κ3) is 3.50. The first kappa shape index (κ1) is 13.5. The fourth-order valence-electron chi connectivity index (χ4n) is 2.20. The van der Waals surface area contributed by atoms with Crippen LogP contribution in [0.3, 0.4) is 0 Å². The largest absolute Gasteiger partial charge is 0.294 e.